The number of benzene rings is 4. The molecule has 0 bridgehead atoms. The molecule has 6 N–H and O–H groups in total. The largest absolute Gasteiger partial charge is 0.478 e. The Morgan fingerprint density at radius 3 is 2.16 bits per heavy atom. The number of aliphatic hydroxyl groups excluding tert-OH is 1. The number of nitrogens with two attached hydrogens (primary N) is 1. The average Bonchev–Trinajstić information content (AvgIpc) is 3.13. The maximum atomic E-state index is 12.5. The molecule has 4 aromatic rings. The fraction of sp³-hybridized carbons (Fsp3) is 0.289. The number of carboxylic acid groups (broad SMARTS) is 1. The number of amides is 2. The van der Waals surface area contributed by atoms with Crippen LogP contribution in [-0.2, 0) is 32.2 Å². The molecule has 1 fully saturated rings. The minimum absolute atomic E-state index is 0.0449. The number of aromatic carboxylic acids is 1. The number of para-hydroxylation sites is 2. The van der Waals surface area contributed by atoms with Crippen molar-refractivity contribution in [2.45, 2.75) is 68.6 Å². The molecule has 4 aromatic carbocycles. The second kappa shape index (κ2) is 17.6. The number of hydrogen-bond acceptors (Lipinski definition) is 8. The standard InChI is InChI=1S/C38H41N3O7S/c39-31-8-2-3-9-32(31)41-36(44)12-6-5-11-35(43)40-22-25-13-19-28(20-14-25)38-47-29(24-49-34-10-4-1-7-30(34)37(45)46)21-33(48-38)27-17-15-26(23-42)16-18-27/h1-4,7-10,13-20,29,33,38,42H,5-6,11-12,21-24,39H2,(H,40,43)(H,41,44)(H,45,46)/t29-,33+,38+/m0/s1. The van der Waals surface area contributed by atoms with Gasteiger partial charge in [-0.05, 0) is 53.8 Å². The Balaban J connectivity index is 1.13. The first kappa shape index (κ1) is 35.6. The number of unbranched alkanes of at least 4 members (excludes halogenated alkanes) is 1. The van der Waals surface area contributed by atoms with Gasteiger partial charge in [-0.2, -0.15) is 0 Å². The van der Waals surface area contributed by atoms with E-state index in [-0.39, 0.29) is 36.2 Å². The number of thioether (sulfide) groups is 1. The van der Waals surface area contributed by atoms with Crippen molar-refractivity contribution >= 4 is 40.9 Å². The van der Waals surface area contributed by atoms with Crippen LogP contribution in [0.4, 0.5) is 11.4 Å². The van der Waals surface area contributed by atoms with Crippen LogP contribution in [0.2, 0.25) is 0 Å². The lowest BCUT2D eigenvalue weighted by atomic mass is 10.0. The summed E-state index contributed by atoms with van der Waals surface area (Å²) in [5, 5.41) is 24.8. The van der Waals surface area contributed by atoms with Crippen molar-refractivity contribution in [3.05, 3.63) is 125 Å². The van der Waals surface area contributed by atoms with Crippen molar-refractivity contribution in [2.75, 3.05) is 16.8 Å². The van der Waals surface area contributed by atoms with Crippen LogP contribution in [0.1, 0.15) is 77.1 Å². The Kier molecular flexibility index (Phi) is 12.8. The number of aliphatic hydroxyl groups is 1. The van der Waals surface area contributed by atoms with Crippen molar-refractivity contribution in [1.82, 2.24) is 5.32 Å². The quantitative estimate of drug-likeness (QED) is 0.0528. The summed E-state index contributed by atoms with van der Waals surface area (Å²) in [5.41, 5.74) is 10.7. The summed E-state index contributed by atoms with van der Waals surface area (Å²) in [6.07, 6.45) is 1.22. The van der Waals surface area contributed by atoms with E-state index in [1.54, 1.807) is 42.5 Å². The van der Waals surface area contributed by atoms with Gasteiger partial charge in [-0.1, -0.05) is 72.8 Å². The first-order valence-corrected chi connectivity index (χ1v) is 17.2. The molecule has 0 spiro atoms. The maximum Gasteiger partial charge on any atom is 0.336 e. The summed E-state index contributed by atoms with van der Waals surface area (Å²) < 4.78 is 12.8. The van der Waals surface area contributed by atoms with Crippen LogP contribution in [0.5, 0.6) is 0 Å². The third-order valence-corrected chi connectivity index (χ3v) is 9.40. The highest BCUT2D eigenvalue weighted by Crippen LogP contribution is 2.40. The van der Waals surface area contributed by atoms with Gasteiger partial charge in [0.2, 0.25) is 11.8 Å². The van der Waals surface area contributed by atoms with Crippen molar-refractivity contribution in [3.8, 4) is 0 Å². The van der Waals surface area contributed by atoms with E-state index < -0.39 is 12.3 Å². The molecular formula is C38H41N3O7S. The first-order valence-electron chi connectivity index (χ1n) is 16.2. The summed E-state index contributed by atoms with van der Waals surface area (Å²) in [6.45, 7) is 0.318. The Morgan fingerprint density at radius 2 is 1.45 bits per heavy atom. The number of nitrogen functional groups attached to an aromatic ring is 1. The van der Waals surface area contributed by atoms with Crippen molar-refractivity contribution < 1.29 is 34.1 Å². The Bertz CT molecular complexity index is 1720. The molecule has 5 rings (SSSR count). The number of ether oxygens (including phenoxy) is 2. The zero-order valence-corrected chi connectivity index (χ0v) is 27.9. The number of rotatable bonds is 15. The first-order chi connectivity index (χ1) is 23.8. The Hall–Kier alpha value is -4.68. The summed E-state index contributed by atoms with van der Waals surface area (Å²) in [4.78, 5) is 37.1. The molecule has 1 heterocycles. The minimum Gasteiger partial charge on any atom is -0.478 e. The fourth-order valence-electron chi connectivity index (χ4n) is 5.45. The van der Waals surface area contributed by atoms with E-state index in [1.165, 1.54) is 11.8 Å². The number of carboxylic acids is 1. The fourth-order valence-corrected chi connectivity index (χ4v) is 6.52. The molecule has 0 aromatic heterocycles. The number of carbonyl (C=O) groups excluding carboxylic acids is 2. The number of nitrogens with one attached hydrogen (secondary N) is 2. The normalized spacial score (nSPS) is 17.3. The number of anilines is 2. The van der Waals surface area contributed by atoms with Gasteiger partial charge >= 0.3 is 5.97 Å². The molecule has 0 saturated carbocycles. The van der Waals surface area contributed by atoms with E-state index in [9.17, 15) is 24.6 Å². The predicted octanol–water partition coefficient (Wildman–Crippen LogP) is 6.61. The number of hydrogen-bond donors (Lipinski definition) is 5. The van der Waals surface area contributed by atoms with Gasteiger partial charge < -0.3 is 36.1 Å². The van der Waals surface area contributed by atoms with Crippen molar-refractivity contribution in [3.63, 3.8) is 0 Å². The molecule has 256 valence electrons. The predicted molar refractivity (Wildman–Crippen MR) is 189 cm³/mol. The molecule has 1 aliphatic heterocycles. The van der Waals surface area contributed by atoms with E-state index in [2.05, 4.69) is 10.6 Å². The lowest BCUT2D eigenvalue weighted by Gasteiger charge is -2.36. The van der Waals surface area contributed by atoms with Gasteiger partial charge in [0.05, 0.1) is 35.8 Å². The van der Waals surface area contributed by atoms with Crippen LogP contribution in [0.15, 0.2) is 102 Å². The molecule has 2 amide bonds. The summed E-state index contributed by atoms with van der Waals surface area (Å²) in [5.74, 6) is -0.660. The van der Waals surface area contributed by atoms with Gasteiger partial charge in [-0.15, -0.1) is 11.8 Å². The average molecular weight is 684 g/mol. The van der Waals surface area contributed by atoms with Crippen LogP contribution in [-0.4, -0.2) is 39.9 Å². The van der Waals surface area contributed by atoms with Gasteiger partial charge in [0.15, 0.2) is 6.29 Å². The van der Waals surface area contributed by atoms with Gasteiger partial charge in [-0.25, -0.2) is 4.79 Å². The molecule has 1 saturated heterocycles. The molecule has 0 unspecified atom stereocenters. The van der Waals surface area contributed by atoms with Gasteiger partial charge in [0.1, 0.15) is 0 Å². The van der Waals surface area contributed by atoms with E-state index in [4.69, 9.17) is 15.2 Å². The van der Waals surface area contributed by atoms with Crippen LogP contribution in [0.3, 0.4) is 0 Å². The summed E-state index contributed by atoms with van der Waals surface area (Å²) >= 11 is 1.44. The van der Waals surface area contributed by atoms with E-state index in [1.807, 2.05) is 54.6 Å². The van der Waals surface area contributed by atoms with Crippen LogP contribution >= 0.6 is 11.8 Å². The molecular weight excluding hydrogens is 642 g/mol. The Morgan fingerprint density at radius 1 is 0.796 bits per heavy atom. The second-order valence-electron chi connectivity index (χ2n) is 11.8. The second-order valence-corrected chi connectivity index (χ2v) is 12.9. The van der Waals surface area contributed by atoms with E-state index in [0.717, 1.165) is 22.3 Å². The number of carbonyl (C=O) groups is 3. The van der Waals surface area contributed by atoms with Gasteiger partial charge in [0.25, 0.3) is 0 Å². The van der Waals surface area contributed by atoms with Crippen molar-refractivity contribution in [2.24, 2.45) is 0 Å². The topological polar surface area (TPSA) is 160 Å². The molecule has 10 nitrogen and oxygen atoms in total. The lowest BCUT2D eigenvalue weighted by molar-refractivity contribution is -0.245. The molecule has 11 heteroatoms. The smallest absolute Gasteiger partial charge is 0.336 e. The zero-order valence-electron chi connectivity index (χ0n) is 27.0. The zero-order chi connectivity index (χ0) is 34.6. The molecule has 0 aliphatic carbocycles. The van der Waals surface area contributed by atoms with Gasteiger partial charge in [0, 0.05) is 42.0 Å². The molecule has 49 heavy (non-hydrogen) atoms. The van der Waals surface area contributed by atoms with E-state index >= 15 is 0 Å². The monoisotopic (exact) mass is 683 g/mol. The SMILES string of the molecule is Nc1ccccc1NC(=O)CCCCC(=O)NCc1ccc([C@@H]2O[C@H](CSc3ccccc3C(=O)O)C[C@H](c3ccc(CO)cc3)O2)cc1. The minimum atomic E-state index is -0.970. The van der Waals surface area contributed by atoms with Crippen molar-refractivity contribution in [1.29, 1.82) is 0 Å². The van der Waals surface area contributed by atoms with E-state index in [0.29, 0.717) is 60.7 Å². The third-order valence-electron chi connectivity index (χ3n) is 8.19. The molecule has 0 radical (unpaired) electrons. The van der Waals surface area contributed by atoms with Crippen LogP contribution in [0.25, 0.3) is 0 Å². The van der Waals surface area contributed by atoms with Gasteiger partial charge in [-0.3, -0.25) is 9.59 Å². The molecule has 3 atom stereocenters. The van der Waals surface area contributed by atoms with Crippen LogP contribution < -0.4 is 16.4 Å². The maximum absolute atomic E-state index is 12.5. The summed E-state index contributed by atoms with van der Waals surface area (Å²) in [7, 11) is 0. The van der Waals surface area contributed by atoms with Crippen LogP contribution in [0, 0.1) is 0 Å². The lowest BCUT2D eigenvalue weighted by Crippen LogP contribution is -2.31. The highest BCUT2D eigenvalue weighted by Gasteiger charge is 2.32. The highest BCUT2D eigenvalue weighted by atomic mass is 32.2. The summed E-state index contributed by atoms with van der Waals surface area (Å²) in [6, 6.07) is 29.4. The molecule has 1 aliphatic rings. The Labute approximate surface area is 290 Å². The highest BCUT2D eigenvalue weighted by molar-refractivity contribution is 7.99. The third kappa shape index (κ3) is 10.4.